The van der Waals surface area contributed by atoms with E-state index >= 15 is 0 Å². The number of hydrogen-bond acceptors (Lipinski definition) is 2. The molecule has 9 heavy (non-hydrogen) atoms. The first-order valence-electron chi connectivity index (χ1n) is 2.41. The van der Waals surface area contributed by atoms with E-state index in [1.165, 1.54) is 12.2 Å². The van der Waals surface area contributed by atoms with Gasteiger partial charge < -0.3 is 10.2 Å². The van der Waals surface area contributed by atoms with Gasteiger partial charge in [0.05, 0.1) is 0 Å². The van der Waals surface area contributed by atoms with Crippen molar-refractivity contribution in [1.29, 1.82) is 0 Å². The summed E-state index contributed by atoms with van der Waals surface area (Å²) >= 11 is 0. The van der Waals surface area contributed by atoms with Gasteiger partial charge in [-0.1, -0.05) is 6.08 Å². The minimum Gasteiger partial charge on any atom is -0.502 e. The Morgan fingerprint density at radius 3 is 2.44 bits per heavy atom. The number of aliphatic hydroxyl groups is 1. The monoisotopic (exact) mass is 128 g/mol. The highest BCUT2D eigenvalue weighted by atomic mass is 16.4. The van der Waals surface area contributed by atoms with Crippen molar-refractivity contribution in [2.45, 2.75) is 6.42 Å². The summed E-state index contributed by atoms with van der Waals surface area (Å²) in [7, 11) is 0. The van der Waals surface area contributed by atoms with Crippen LogP contribution >= 0.6 is 0 Å². The van der Waals surface area contributed by atoms with Gasteiger partial charge in [0.15, 0.2) is 5.76 Å². The predicted molar refractivity (Wildman–Crippen MR) is 33.2 cm³/mol. The van der Waals surface area contributed by atoms with Crippen LogP contribution < -0.4 is 0 Å². The molecule has 0 saturated heterocycles. The average Bonchev–Trinajstić information content (AvgIpc) is 1.82. The van der Waals surface area contributed by atoms with Gasteiger partial charge in [-0.15, -0.1) is 6.58 Å². The van der Waals surface area contributed by atoms with Crippen molar-refractivity contribution in [3.8, 4) is 0 Å². The second-order valence-corrected chi connectivity index (χ2v) is 1.42. The van der Waals surface area contributed by atoms with Crippen LogP contribution in [0, 0.1) is 0 Å². The highest BCUT2D eigenvalue weighted by Gasteiger charge is 1.99. The Balaban J connectivity index is 3.83. The molecule has 0 aliphatic carbocycles. The number of allylic oxidation sites excluding steroid dienone is 2. The lowest BCUT2D eigenvalue weighted by atomic mass is 10.3. The second kappa shape index (κ2) is 3.72. The van der Waals surface area contributed by atoms with E-state index in [1.807, 2.05) is 0 Å². The zero-order valence-electron chi connectivity index (χ0n) is 4.87. The number of carboxylic acid groups (broad SMARTS) is 1. The van der Waals surface area contributed by atoms with Crippen LogP contribution in [0.3, 0.4) is 0 Å². The molecule has 0 heterocycles. The van der Waals surface area contributed by atoms with Crippen molar-refractivity contribution < 1.29 is 15.0 Å². The number of aliphatic hydroxyl groups excluding tert-OH is 1. The van der Waals surface area contributed by atoms with Crippen LogP contribution in [0.25, 0.3) is 0 Å². The molecule has 0 aromatic carbocycles. The lowest BCUT2D eigenvalue weighted by molar-refractivity contribution is -0.135. The van der Waals surface area contributed by atoms with Gasteiger partial charge in [0.2, 0.25) is 0 Å². The standard InChI is InChI=1S/C6H8O3/c1-2-3-4-5(7)6(8)9/h2,4,7H,1,3H2,(H,8,9)/b5-4-. The summed E-state index contributed by atoms with van der Waals surface area (Å²) in [6.45, 7) is 3.34. The number of aliphatic carboxylic acids is 1. The van der Waals surface area contributed by atoms with E-state index in [4.69, 9.17) is 10.2 Å². The Hall–Kier alpha value is -1.25. The summed E-state index contributed by atoms with van der Waals surface area (Å²) in [5.74, 6) is -1.94. The molecule has 0 unspecified atom stereocenters. The molecule has 50 valence electrons. The van der Waals surface area contributed by atoms with Gasteiger partial charge in [-0.2, -0.15) is 0 Å². The number of rotatable bonds is 3. The summed E-state index contributed by atoms with van der Waals surface area (Å²) in [5.41, 5.74) is 0. The molecule has 0 aliphatic heterocycles. The first kappa shape index (κ1) is 7.75. The first-order valence-corrected chi connectivity index (χ1v) is 2.41. The summed E-state index contributed by atoms with van der Waals surface area (Å²) < 4.78 is 0. The van der Waals surface area contributed by atoms with E-state index < -0.39 is 11.7 Å². The highest BCUT2D eigenvalue weighted by molar-refractivity contribution is 5.83. The molecule has 0 atom stereocenters. The van der Waals surface area contributed by atoms with E-state index in [-0.39, 0.29) is 0 Å². The third kappa shape index (κ3) is 3.34. The summed E-state index contributed by atoms with van der Waals surface area (Å²) in [6, 6.07) is 0. The average molecular weight is 128 g/mol. The van der Waals surface area contributed by atoms with Gasteiger partial charge in [0.1, 0.15) is 0 Å². The van der Waals surface area contributed by atoms with E-state index in [0.717, 1.165) is 0 Å². The molecular formula is C6H8O3. The van der Waals surface area contributed by atoms with Crippen molar-refractivity contribution in [1.82, 2.24) is 0 Å². The van der Waals surface area contributed by atoms with Gasteiger partial charge in [-0.25, -0.2) is 4.79 Å². The molecule has 0 amide bonds. The van der Waals surface area contributed by atoms with Gasteiger partial charge in [-0.3, -0.25) is 0 Å². The maximum absolute atomic E-state index is 9.85. The summed E-state index contributed by atoms with van der Waals surface area (Å²) in [4.78, 5) is 9.85. The zero-order chi connectivity index (χ0) is 7.28. The zero-order valence-corrected chi connectivity index (χ0v) is 4.87. The summed E-state index contributed by atoms with van der Waals surface area (Å²) in [6.07, 6.45) is 3.05. The van der Waals surface area contributed by atoms with Crippen molar-refractivity contribution in [3.63, 3.8) is 0 Å². The van der Waals surface area contributed by atoms with Crippen LogP contribution in [0.4, 0.5) is 0 Å². The number of carbonyl (C=O) groups is 1. The first-order chi connectivity index (χ1) is 4.18. The molecule has 0 radical (unpaired) electrons. The van der Waals surface area contributed by atoms with Gasteiger partial charge in [-0.05, 0) is 12.5 Å². The molecule has 0 aromatic rings. The van der Waals surface area contributed by atoms with Crippen LogP contribution in [0.5, 0.6) is 0 Å². The normalized spacial score (nSPS) is 10.9. The predicted octanol–water partition coefficient (Wildman–Crippen LogP) is 1.09. The fraction of sp³-hybridized carbons (Fsp3) is 0.167. The topological polar surface area (TPSA) is 57.5 Å². The molecule has 3 heteroatoms. The SMILES string of the molecule is C=CC/C=C(\O)C(=O)O. The van der Waals surface area contributed by atoms with Gasteiger partial charge >= 0.3 is 5.97 Å². The number of hydrogen-bond donors (Lipinski definition) is 2. The quantitative estimate of drug-likeness (QED) is 0.340. The Morgan fingerprint density at radius 2 is 2.11 bits per heavy atom. The van der Waals surface area contributed by atoms with Crippen LogP contribution in [-0.2, 0) is 4.79 Å². The van der Waals surface area contributed by atoms with Crippen molar-refractivity contribution in [3.05, 3.63) is 24.5 Å². The minimum atomic E-state index is -1.31. The van der Waals surface area contributed by atoms with Crippen molar-refractivity contribution in [2.24, 2.45) is 0 Å². The number of carboxylic acids is 1. The Morgan fingerprint density at radius 1 is 1.56 bits per heavy atom. The maximum atomic E-state index is 9.85. The molecule has 0 aliphatic rings. The third-order valence-corrected chi connectivity index (χ3v) is 0.697. The smallest absolute Gasteiger partial charge is 0.370 e. The highest BCUT2D eigenvalue weighted by Crippen LogP contribution is 1.91. The molecule has 0 fully saturated rings. The van der Waals surface area contributed by atoms with Crippen LogP contribution in [0.2, 0.25) is 0 Å². The molecule has 2 N–H and O–H groups in total. The third-order valence-electron chi connectivity index (χ3n) is 0.697. The van der Waals surface area contributed by atoms with E-state index in [2.05, 4.69) is 6.58 Å². The van der Waals surface area contributed by atoms with Crippen LogP contribution in [-0.4, -0.2) is 16.2 Å². The molecule has 0 aromatic heterocycles. The van der Waals surface area contributed by atoms with Crippen molar-refractivity contribution in [2.75, 3.05) is 0 Å². The largest absolute Gasteiger partial charge is 0.502 e. The fourth-order valence-corrected chi connectivity index (χ4v) is 0.282. The van der Waals surface area contributed by atoms with Crippen molar-refractivity contribution >= 4 is 5.97 Å². The van der Waals surface area contributed by atoms with E-state index in [9.17, 15) is 4.79 Å². The minimum absolute atomic E-state index is 0.373. The summed E-state index contributed by atoms with van der Waals surface area (Å²) in [5, 5.41) is 16.5. The van der Waals surface area contributed by atoms with E-state index in [0.29, 0.717) is 6.42 Å². The van der Waals surface area contributed by atoms with Gasteiger partial charge in [0, 0.05) is 0 Å². The van der Waals surface area contributed by atoms with E-state index in [1.54, 1.807) is 0 Å². The molecule has 0 rings (SSSR count). The molecule has 0 saturated carbocycles. The maximum Gasteiger partial charge on any atom is 0.370 e. The second-order valence-electron chi connectivity index (χ2n) is 1.42. The lowest BCUT2D eigenvalue weighted by Crippen LogP contribution is -1.97. The van der Waals surface area contributed by atoms with Crippen LogP contribution in [0.15, 0.2) is 24.5 Å². The molecule has 3 nitrogen and oxygen atoms in total. The molecule has 0 bridgehead atoms. The van der Waals surface area contributed by atoms with Crippen LogP contribution in [0.1, 0.15) is 6.42 Å². The molecular weight excluding hydrogens is 120 g/mol. The fourth-order valence-electron chi connectivity index (χ4n) is 0.282. The Labute approximate surface area is 52.9 Å². The molecule has 0 spiro atoms. The Bertz CT molecular complexity index is 146. The van der Waals surface area contributed by atoms with Gasteiger partial charge in [0.25, 0.3) is 0 Å². The Kier molecular flexibility index (Phi) is 3.20. The lowest BCUT2D eigenvalue weighted by Gasteiger charge is -1.87.